The lowest BCUT2D eigenvalue weighted by Gasteiger charge is -2.33. The van der Waals surface area contributed by atoms with Crippen LogP contribution in [0.3, 0.4) is 0 Å². The molecule has 174 valence electrons. The van der Waals surface area contributed by atoms with E-state index in [0.717, 1.165) is 82.4 Å². The molecule has 1 aromatic heterocycles. The van der Waals surface area contributed by atoms with Gasteiger partial charge in [-0.15, -0.1) is 10.2 Å². The van der Waals surface area contributed by atoms with Crippen molar-refractivity contribution in [2.75, 3.05) is 46.8 Å². The molecule has 9 nitrogen and oxygen atoms in total. The Morgan fingerprint density at radius 2 is 1.97 bits per heavy atom. The number of carbonyl (C=O) groups is 1. The Kier molecular flexibility index (Phi) is 9.12. The Bertz CT molecular complexity index is 721. The van der Waals surface area contributed by atoms with Gasteiger partial charge in [-0.2, -0.15) is 0 Å². The Morgan fingerprint density at radius 1 is 1.16 bits per heavy atom. The third-order valence-corrected chi connectivity index (χ3v) is 6.14. The van der Waals surface area contributed by atoms with Crippen molar-refractivity contribution in [3.8, 4) is 0 Å². The molecule has 3 rings (SSSR count). The van der Waals surface area contributed by atoms with Gasteiger partial charge in [0.1, 0.15) is 11.6 Å². The van der Waals surface area contributed by atoms with E-state index in [-0.39, 0.29) is 5.91 Å². The first-order valence-electron chi connectivity index (χ1n) is 11.9. The fourth-order valence-corrected chi connectivity index (χ4v) is 4.24. The molecule has 0 bridgehead atoms. The third kappa shape index (κ3) is 7.19. The number of aryl methyl sites for hydroxylation is 2. The van der Waals surface area contributed by atoms with Crippen LogP contribution in [0, 0.1) is 0 Å². The summed E-state index contributed by atoms with van der Waals surface area (Å²) in [5, 5.41) is 15.8. The summed E-state index contributed by atoms with van der Waals surface area (Å²) in [6.45, 7) is 7.17. The number of hydrogen-bond acceptors (Lipinski definition) is 5. The summed E-state index contributed by atoms with van der Waals surface area (Å²) < 4.78 is 2.33. The first-order valence-corrected chi connectivity index (χ1v) is 11.9. The van der Waals surface area contributed by atoms with Crippen LogP contribution in [0.25, 0.3) is 0 Å². The summed E-state index contributed by atoms with van der Waals surface area (Å²) >= 11 is 0. The molecule has 0 unspecified atom stereocenters. The second kappa shape index (κ2) is 12.0. The molecule has 1 amide bonds. The normalized spacial score (nSPS) is 18.4. The molecule has 0 aromatic carbocycles. The van der Waals surface area contributed by atoms with E-state index in [9.17, 15) is 4.79 Å². The van der Waals surface area contributed by atoms with Crippen molar-refractivity contribution in [1.82, 2.24) is 35.2 Å². The van der Waals surface area contributed by atoms with Crippen LogP contribution in [0.4, 0.5) is 0 Å². The molecule has 31 heavy (non-hydrogen) atoms. The van der Waals surface area contributed by atoms with Crippen LogP contribution in [0.2, 0.25) is 0 Å². The number of fused-ring (bicyclic) bond motifs is 1. The largest absolute Gasteiger partial charge is 0.357 e. The maximum atomic E-state index is 11.9. The van der Waals surface area contributed by atoms with E-state index in [4.69, 9.17) is 4.99 Å². The molecule has 0 atom stereocenters. The standard InChI is InChI=1S/C22H40N8O/c1-4-23-22(25-18-11-15-29(16-12-18)17-21(31)28(2)3)24-13-8-10-20-27-26-19-9-6-5-7-14-30(19)20/h18H,4-17H2,1-3H3,(H2,23,24,25). The molecule has 0 aliphatic carbocycles. The number of carbonyl (C=O) groups excluding carboxylic acids is 1. The van der Waals surface area contributed by atoms with Crippen LogP contribution in [0.15, 0.2) is 4.99 Å². The number of hydrogen-bond donors (Lipinski definition) is 2. The van der Waals surface area contributed by atoms with Crippen LogP contribution in [0.5, 0.6) is 0 Å². The molecule has 3 heterocycles. The Morgan fingerprint density at radius 3 is 2.71 bits per heavy atom. The molecule has 1 saturated heterocycles. The van der Waals surface area contributed by atoms with Gasteiger partial charge in [0.25, 0.3) is 0 Å². The van der Waals surface area contributed by atoms with Crippen molar-refractivity contribution < 1.29 is 4.79 Å². The first-order chi connectivity index (χ1) is 15.1. The third-order valence-electron chi connectivity index (χ3n) is 6.14. The van der Waals surface area contributed by atoms with Gasteiger partial charge in [0, 0.05) is 65.7 Å². The molecular formula is C22H40N8O. The van der Waals surface area contributed by atoms with E-state index in [1.807, 2.05) is 14.1 Å². The van der Waals surface area contributed by atoms with Gasteiger partial charge in [-0.25, -0.2) is 0 Å². The van der Waals surface area contributed by atoms with Crippen molar-refractivity contribution >= 4 is 11.9 Å². The number of nitrogens with zero attached hydrogens (tertiary/aromatic N) is 6. The first kappa shape index (κ1) is 23.5. The summed E-state index contributed by atoms with van der Waals surface area (Å²) in [4.78, 5) is 20.6. The molecule has 2 aliphatic rings. The Hall–Kier alpha value is -2.16. The van der Waals surface area contributed by atoms with E-state index in [1.54, 1.807) is 4.90 Å². The van der Waals surface area contributed by atoms with Crippen molar-refractivity contribution in [2.45, 2.75) is 70.9 Å². The lowest BCUT2D eigenvalue weighted by atomic mass is 10.1. The van der Waals surface area contributed by atoms with E-state index >= 15 is 0 Å². The molecule has 2 N–H and O–H groups in total. The number of piperidine rings is 1. The minimum atomic E-state index is 0.172. The molecule has 1 fully saturated rings. The van der Waals surface area contributed by atoms with Crippen molar-refractivity contribution in [3.63, 3.8) is 0 Å². The predicted octanol–water partition coefficient (Wildman–Crippen LogP) is 1.04. The highest BCUT2D eigenvalue weighted by Gasteiger charge is 2.22. The zero-order chi connectivity index (χ0) is 22.1. The summed E-state index contributed by atoms with van der Waals surface area (Å²) in [5.74, 6) is 3.34. The number of rotatable bonds is 8. The Balaban J connectivity index is 1.42. The van der Waals surface area contributed by atoms with Crippen LogP contribution in [-0.2, 0) is 24.2 Å². The van der Waals surface area contributed by atoms with Gasteiger partial charge in [-0.1, -0.05) is 6.42 Å². The van der Waals surface area contributed by atoms with Gasteiger partial charge in [0.15, 0.2) is 5.96 Å². The lowest BCUT2D eigenvalue weighted by Crippen LogP contribution is -2.50. The predicted molar refractivity (Wildman–Crippen MR) is 123 cm³/mol. The van der Waals surface area contributed by atoms with Gasteiger partial charge >= 0.3 is 0 Å². The maximum Gasteiger partial charge on any atom is 0.236 e. The van der Waals surface area contributed by atoms with Crippen molar-refractivity contribution in [1.29, 1.82) is 0 Å². The molecular weight excluding hydrogens is 392 g/mol. The number of amides is 1. The summed E-state index contributed by atoms with van der Waals surface area (Å²) in [7, 11) is 3.63. The van der Waals surface area contributed by atoms with Gasteiger partial charge in [0.05, 0.1) is 6.54 Å². The smallest absolute Gasteiger partial charge is 0.236 e. The van der Waals surface area contributed by atoms with Gasteiger partial charge in [-0.05, 0) is 39.0 Å². The summed E-state index contributed by atoms with van der Waals surface area (Å²) in [6, 6.07) is 0.399. The number of nitrogens with one attached hydrogen (secondary N) is 2. The second-order valence-corrected chi connectivity index (χ2v) is 8.84. The number of aliphatic imine (C=N–C) groups is 1. The highest BCUT2D eigenvalue weighted by Crippen LogP contribution is 2.15. The molecule has 2 aliphatic heterocycles. The van der Waals surface area contributed by atoms with E-state index in [1.165, 1.54) is 19.3 Å². The highest BCUT2D eigenvalue weighted by atomic mass is 16.2. The monoisotopic (exact) mass is 432 g/mol. The van der Waals surface area contributed by atoms with Crippen LogP contribution < -0.4 is 10.6 Å². The zero-order valence-electron chi connectivity index (χ0n) is 19.6. The molecule has 9 heteroatoms. The fraction of sp³-hybridized carbons (Fsp3) is 0.818. The Labute approximate surface area is 186 Å². The van der Waals surface area contributed by atoms with Crippen molar-refractivity contribution in [3.05, 3.63) is 11.6 Å². The molecule has 0 spiro atoms. The average molecular weight is 433 g/mol. The number of likely N-dealkylation sites (N-methyl/N-ethyl adjacent to an activating group) is 1. The number of guanidine groups is 1. The minimum Gasteiger partial charge on any atom is -0.357 e. The van der Waals surface area contributed by atoms with Crippen LogP contribution in [0.1, 0.15) is 57.1 Å². The topological polar surface area (TPSA) is 90.7 Å². The lowest BCUT2D eigenvalue weighted by molar-refractivity contribution is -0.130. The number of likely N-dealkylation sites (tertiary alicyclic amines) is 1. The SMILES string of the molecule is CCNC(=NCCCc1nnc2n1CCCCC2)NC1CCN(CC(=O)N(C)C)CC1. The average Bonchev–Trinajstić information content (AvgIpc) is 2.98. The molecule has 0 radical (unpaired) electrons. The summed E-state index contributed by atoms with van der Waals surface area (Å²) in [5.41, 5.74) is 0. The summed E-state index contributed by atoms with van der Waals surface area (Å²) in [6.07, 6.45) is 8.75. The van der Waals surface area contributed by atoms with E-state index in [2.05, 4.69) is 37.2 Å². The van der Waals surface area contributed by atoms with Crippen LogP contribution in [-0.4, -0.2) is 89.3 Å². The molecule has 1 aromatic rings. The van der Waals surface area contributed by atoms with Gasteiger partial charge in [-0.3, -0.25) is 14.7 Å². The van der Waals surface area contributed by atoms with Gasteiger partial charge in [0.2, 0.25) is 5.91 Å². The van der Waals surface area contributed by atoms with Crippen molar-refractivity contribution in [2.24, 2.45) is 4.99 Å². The van der Waals surface area contributed by atoms with Crippen LogP contribution >= 0.6 is 0 Å². The quantitative estimate of drug-likeness (QED) is 0.362. The minimum absolute atomic E-state index is 0.172. The fourth-order valence-electron chi connectivity index (χ4n) is 4.24. The molecule has 0 saturated carbocycles. The maximum absolute atomic E-state index is 11.9. The highest BCUT2D eigenvalue weighted by molar-refractivity contribution is 5.80. The number of aromatic nitrogens is 3. The van der Waals surface area contributed by atoms with E-state index < -0.39 is 0 Å². The second-order valence-electron chi connectivity index (χ2n) is 8.84. The van der Waals surface area contributed by atoms with Gasteiger partial charge < -0.3 is 20.1 Å². The zero-order valence-corrected chi connectivity index (χ0v) is 19.6. The van der Waals surface area contributed by atoms with E-state index in [0.29, 0.717) is 12.6 Å².